The smallest absolute Gasteiger partial charge is 0.235 e. The largest absolute Gasteiger partial charge is 0.464 e. The number of nitrogens with zero attached hydrogens (tertiary/aromatic N) is 1. The maximum Gasteiger partial charge on any atom is 0.235 e. The van der Waals surface area contributed by atoms with E-state index in [1.165, 1.54) is 6.26 Å². The van der Waals surface area contributed by atoms with Crippen LogP contribution in [0.25, 0.3) is 11.0 Å². The van der Waals surface area contributed by atoms with Crippen LogP contribution in [0, 0.1) is 5.82 Å². The zero-order valence-corrected chi connectivity index (χ0v) is 9.07. The summed E-state index contributed by atoms with van der Waals surface area (Å²) in [6.45, 7) is 0. The molecule has 3 rings (SSSR count). The number of carbonyl (C=O) groups excluding carboxylic acids is 1. The van der Waals surface area contributed by atoms with Crippen molar-refractivity contribution in [3.8, 4) is 0 Å². The van der Waals surface area contributed by atoms with Gasteiger partial charge >= 0.3 is 0 Å². The number of rotatable bonds is 2. The van der Waals surface area contributed by atoms with Gasteiger partial charge in [0.2, 0.25) is 6.08 Å². The molecule has 1 aliphatic rings. The molecule has 0 saturated heterocycles. The van der Waals surface area contributed by atoms with Crippen molar-refractivity contribution in [3.05, 3.63) is 35.8 Å². The second-order valence-corrected chi connectivity index (χ2v) is 4.35. The lowest BCUT2D eigenvalue weighted by Gasteiger charge is -2.37. The highest BCUT2D eigenvalue weighted by Crippen LogP contribution is 2.46. The van der Waals surface area contributed by atoms with Gasteiger partial charge in [0, 0.05) is 5.56 Å². The molecule has 0 unspecified atom stereocenters. The second-order valence-electron chi connectivity index (χ2n) is 4.35. The lowest BCUT2D eigenvalue weighted by Crippen LogP contribution is -2.32. The molecule has 1 aromatic carbocycles. The molecule has 1 aliphatic carbocycles. The molecular formula is C13H10FNO2. The van der Waals surface area contributed by atoms with Crippen molar-refractivity contribution in [2.75, 3.05) is 0 Å². The molecule has 0 bridgehead atoms. The molecule has 2 aromatic rings. The summed E-state index contributed by atoms with van der Waals surface area (Å²) >= 11 is 0. The number of aliphatic imine (C=N–C) groups is 1. The Balaban J connectivity index is 2.22. The number of hydrogen-bond donors (Lipinski definition) is 0. The minimum Gasteiger partial charge on any atom is -0.464 e. The van der Waals surface area contributed by atoms with Gasteiger partial charge in [0.1, 0.15) is 16.9 Å². The highest BCUT2D eigenvalue weighted by atomic mass is 19.1. The minimum atomic E-state index is -0.697. The van der Waals surface area contributed by atoms with Crippen LogP contribution in [-0.2, 0) is 10.3 Å². The van der Waals surface area contributed by atoms with Crippen LogP contribution >= 0.6 is 0 Å². The van der Waals surface area contributed by atoms with Gasteiger partial charge in [-0.3, -0.25) is 0 Å². The zero-order chi connectivity index (χ0) is 11.9. The first-order chi connectivity index (χ1) is 8.27. The second kappa shape index (κ2) is 3.54. The van der Waals surface area contributed by atoms with Crippen LogP contribution in [0.4, 0.5) is 4.39 Å². The molecule has 1 saturated carbocycles. The van der Waals surface area contributed by atoms with E-state index in [2.05, 4.69) is 4.99 Å². The van der Waals surface area contributed by atoms with Crippen LogP contribution in [-0.4, -0.2) is 6.08 Å². The average molecular weight is 231 g/mol. The Kier molecular flexibility index (Phi) is 2.13. The molecule has 17 heavy (non-hydrogen) atoms. The molecule has 3 nitrogen and oxygen atoms in total. The van der Waals surface area contributed by atoms with E-state index in [-0.39, 0.29) is 5.82 Å². The number of halogens is 1. The molecule has 1 heterocycles. The molecule has 0 spiro atoms. The van der Waals surface area contributed by atoms with Crippen molar-refractivity contribution in [1.82, 2.24) is 0 Å². The van der Waals surface area contributed by atoms with Crippen molar-refractivity contribution in [1.29, 1.82) is 0 Å². The van der Waals surface area contributed by atoms with Gasteiger partial charge in [-0.05, 0) is 37.5 Å². The van der Waals surface area contributed by atoms with Crippen molar-refractivity contribution < 1.29 is 13.6 Å². The number of furan rings is 1. The molecule has 4 heteroatoms. The lowest BCUT2D eigenvalue weighted by molar-refractivity contribution is 0.248. The van der Waals surface area contributed by atoms with E-state index in [9.17, 15) is 9.18 Å². The van der Waals surface area contributed by atoms with Crippen LogP contribution in [0.5, 0.6) is 0 Å². The molecule has 0 amide bonds. The van der Waals surface area contributed by atoms with E-state index < -0.39 is 5.54 Å². The van der Waals surface area contributed by atoms with Crippen molar-refractivity contribution >= 4 is 17.0 Å². The van der Waals surface area contributed by atoms with Gasteiger partial charge in [0.05, 0.1) is 11.6 Å². The van der Waals surface area contributed by atoms with E-state index in [0.717, 1.165) is 6.42 Å². The average Bonchev–Trinajstić information content (AvgIpc) is 2.74. The molecule has 86 valence electrons. The highest BCUT2D eigenvalue weighted by Gasteiger charge is 2.41. The van der Waals surface area contributed by atoms with Crippen LogP contribution in [0.2, 0.25) is 0 Å². The van der Waals surface area contributed by atoms with E-state index in [0.29, 0.717) is 29.4 Å². The standard InChI is InChI=1S/C13H10FNO2/c14-12-9-4-7-17-11(9)3-2-10(12)13(15-8-16)5-1-6-13/h2-4,7H,1,5-6H2. The van der Waals surface area contributed by atoms with Crippen LogP contribution in [0.15, 0.2) is 33.9 Å². The molecular weight excluding hydrogens is 221 g/mol. The van der Waals surface area contributed by atoms with E-state index in [1.807, 2.05) is 0 Å². The quantitative estimate of drug-likeness (QED) is 0.588. The monoisotopic (exact) mass is 231 g/mol. The van der Waals surface area contributed by atoms with Gasteiger partial charge < -0.3 is 4.42 Å². The van der Waals surface area contributed by atoms with Crippen LogP contribution in [0.3, 0.4) is 0 Å². The summed E-state index contributed by atoms with van der Waals surface area (Å²) in [7, 11) is 0. The van der Waals surface area contributed by atoms with Gasteiger partial charge in [-0.1, -0.05) is 0 Å². The Morgan fingerprint density at radius 1 is 1.35 bits per heavy atom. The number of benzene rings is 1. The molecule has 0 radical (unpaired) electrons. The Hall–Kier alpha value is -1.93. The first kappa shape index (κ1) is 10.2. The van der Waals surface area contributed by atoms with E-state index in [1.54, 1.807) is 24.3 Å². The normalized spacial score (nSPS) is 17.5. The van der Waals surface area contributed by atoms with Gasteiger partial charge in [-0.25, -0.2) is 9.18 Å². The summed E-state index contributed by atoms with van der Waals surface area (Å²) in [5.74, 6) is -0.338. The Labute approximate surface area is 96.9 Å². The molecule has 1 fully saturated rings. The zero-order valence-electron chi connectivity index (χ0n) is 9.07. The Morgan fingerprint density at radius 3 is 2.82 bits per heavy atom. The van der Waals surface area contributed by atoms with Gasteiger partial charge in [0.15, 0.2) is 0 Å². The van der Waals surface area contributed by atoms with Crippen molar-refractivity contribution in [2.24, 2.45) is 4.99 Å². The van der Waals surface area contributed by atoms with E-state index >= 15 is 0 Å². The summed E-state index contributed by atoms with van der Waals surface area (Å²) in [6, 6.07) is 4.96. The number of isocyanates is 1. The topological polar surface area (TPSA) is 42.6 Å². The summed E-state index contributed by atoms with van der Waals surface area (Å²) in [4.78, 5) is 14.3. The summed E-state index contributed by atoms with van der Waals surface area (Å²) in [5, 5.41) is 0.440. The molecule has 1 aromatic heterocycles. The fraction of sp³-hybridized carbons (Fsp3) is 0.308. The molecule has 0 N–H and O–H groups in total. The van der Waals surface area contributed by atoms with Gasteiger partial charge in [0.25, 0.3) is 0 Å². The summed E-state index contributed by atoms with van der Waals surface area (Å²) < 4.78 is 19.4. The third kappa shape index (κ3) is 1.34. The van der Waals surface area contributed by atoms with Crippen molar-refractivity contribution in [2.45, 2.75) is 24.8 Å². The van der Waals surface area contributed by atoms with Gasteiger partial charge in [-0.2, -0.15) is 4.99 Å². The van der Waals surface area contributed by atoms with Gasteiger partial charge in [-0.15, -0.1) is 0 Å². The maximum absolute atomic E-state index is 14.3. The minimum absolute atomic E-state index is 0.338. The third-order valence-electron chi connectivity index (χ3n) is 3.51. The number of fused-ring (bicyclic) bond motifs is 1. The van der Waals surface area contributed by atoms with Crippen LogP contribution in [0.1, 0.15) is 24.8 Å². The fourth-order valence-electron chi connectivity index (χ4n) is 2.41. The van der Waals surface area contributed by atoms with Crippen molar-refractivity contribution in [3.63, 3.8) is 0 Å². The number of hydrogen-bond acceptors (Lipinski definition) is 3. The molecule has 0 aliphatic heterocycles. The first-order valence-corrected chi connectivity index (χ1v) is 5.52. The Morgan fingerprint density at radius 2 is 2.18 bits per heavy atom. The Bertz CT molecular complexity index is 621. The highest BCUT2D eigenvalue weighted by molar-refractivity contribution is 5.79. The predicted octanol–water partition coefficient (Wildman–Crippen LogP) is 3.29. The first-order valence-electron chi connectivity index (χ1n) is 5.52. The van der Waals surface area contributed by atoms with Crippen LogP contribution < -0.4 is 0 Å². The summed E-state index contributed by atoms with van der Waals surface area (Å²) in [5.41, 5.74) is 0.286. The maximum atomic E-state index is 14.3. The predicted molar refractivity (Wildman–Crippen MR) is 59.8 cm³/mol. The molecule has 0 atom stereocenters. The van der Waals surface area contributed by atoms with E-state index in [4.69, 9.17) is 4.42 Å². The third-order valence-corrected chi connectivity index (χ3v) is 3.51. The fourth-order valence-corrected chi connectivity index (χ4v) is 2.41. The summed E-state index contributed by atoms with van der Waals surface area (Å²) in [6.07, 6.45) is 5.36. The lowest BCUT2D eigenvalue weighted by atomic mass is 9.72. The SMILES string of the molecule is O=C=NC1(c2ccc3occc3c2F)CCC1.